The van der Waals surface area contributed by atoms with Crippen molar-refractivity contribution in [1.82, 2.24) is 0 Å². The second-order valence-electron chi connectivity index (χ2n) is 1.73. The summed E-state index contributed by atoms with van der Waals surface area (Å²) in [7, 11) is 1.57. The summed E-state index contributed by atoms with van der Waals surface area (Å²) in [6, 6.07) is 0. The molecular weight excluding hydrogens is 92.1 g/mol. The number of carbonyl (C=O) groups is 1. The van der Waals surface area contributed by atoms with Gasteiger partial charge in [0, 0.05) is 13.5 Å². The highest BCUT2D eigenvalue weighted by atomic mass is 16.5. The molecule has 0 aromatic rings. The van der Waals surface area contributed by atoms with Crippen LogP contribution in [-0.4, -0.2) is 19.0 Å². The lowest BCUT2D eigenvalue weighted by Crippen LogP contribution is -2.32. The minimum absolute atomic E-state index is 0.0556. The fraction of sp³-hybridized carbons (Fsp3) is 0.800. The summed E-state index contributed by atoms with van der Waals surface area (Å²) in [6.07, 6.45) is 1.59. The van der Waals surface area contributed by atoms with Crippen LogP contribution in [0.25, 0.3) is 0 Å². The third-order valence-electron chi connectivity index (χ3n) is 1.30. The quantitative estimate of drug-likeness (QED) is 0.475. The van der Waals surface area contributed by atoms with Crippen molar-refractivity contribution in [3.05, 3.63) is 0 Å². The van der Waals surface area contributed by atoms with Crippen LogP contribution in [-0.2, 0) is 9.53 Å². The number of ketones is 1. The molecule has 1 aliphatic rings. The standard InChI is InChI=1S/C5H8O2/c1-7-5-3-2-4(5)6/h5H,2-3H2,1H3. The predicted octanol–water partition coefficient (Wildman–Crippen LogP) is 0.364. The molecule has 0 aromatic carbocycles. The summed E-state index contributed by atoms with van der Waals surface area (Å²) in [5.41, 5.74) is 0. The van der Waals surface area contributed by atoms with Crippen molar-refractivity contribution in [2.45, 2.75) is 18.9 Å². The van der Waals surface area contributed by atoms with E-state index in [1.54, 1.807) is 7.11 Å². The normalized spacial score (nSPS) is 29.9. The largest absolute Gasteiger partial charge is 0.374 e. The van der Waals surface area contributed by atoms with Crippen LogP contribution in [0.5, 0.6) is 0 Å². The molecule has 0 radical (unpaired) electrons. The summed E-state index contributed by atoms with van der Waals surface area (Å²) in [5, 5.41) is 0. The molecule has 0 bridgehead atoms. The molecule has 1 unspecified atom stereocenters. The van der Waals surface area contributed by atoms with Crippen molar-refractivity contribution < 1.29 is 9.53 Å². The van der Waals surface area contributed by atoms with E-state index < -0.39 is 0 Å². The van der Waals surface area contributed by atoms with Gasteiger partial charge in [0.25, 0.3) is 0 Å². The van der Waals surface area contributed by atoms with E-state index in [-0.39, 0.29) is 11.9 Å². The first-order chi connectivity index (χ1) is 3.34. The Bertz CT molecular complexity index is 86.1. The van der Waals surface area contributed by atoms with Gasteiger partial charge in [0.15, 0.2) is 5.78 Å². The van der Waals surface area contributed by atoms with Gasteiger partial charge in [-0.25, -0.2) is 0 Å². The molecule has 7 heavy (non-hydrogen) atoms. The number of methoxy groups -OCH3 is 1. The monoisotopic (exact) mass is 100 g/mol. The number of hydrogen-bond donors (Lipinski definition) is 0. The lowest BCUT2D eigenvalue weighted by Gasteiger charge is -2.21. The smallest absolute Gasteiger partial charge is 0.161 e. The fourth-order valence-corrected chi connectivity index (χ4v) is 0.629. The first-order valence-corrected chi connectivity index (χ1v) is 2.40. The van der Waals surface area contributed by atoms with E-state index in [1.807, 2.05) is 0 Å². The number of rotatable bonds is 1. The summed E-state index contributed by atoms with van der Waals surface area (Å²) in [6.45, 7) is 0. The second kappa shape index (κ2) is 1.62. The van der Waals surface area contributed by atoms with Crippen molar-refractivity contribution in [2.24, 2.45) is 0 Å². The van der Waals surface area contributed by atoms with Crippen molar-refractivity contribution in [2.75, 3.05) is 7.11 Å². The molecule has 1 saturated carbocycles. The van der Waals surface area contributed by atoms with E-state index in [9.17, 15) is 4.79 Å². The number of hydrogen-bond acceptors (Lipinski definition) is 2. The van der Waals surface area contributed by atoms with Gasteiger partial charge in [-0.05, 0) is 6.42 Å². The van der Waals surface area contributed by atoms with Crippen LogP contribution in [0.15, 0.2) is 0 Å². The molecule has 0 saturated heterocycles. The Morgan fingerprint density at radius 2 is 2.57 bits per heavy atom. The Balaban J connectivity index is 2.29. The second-order valence-corrected chi connectivity index (χ2v) is 1.73. The SMILES string of the molecule is COC1CCC1=O. The van der Waals surface area contributed by atoms with Gasteiger partial charge in [-0.15, -0.1) is 0 Å². The van der Waals surface area contributed by atoms with Crippen LogP contribution in [0, 0.1) is 0 Å². The van der Waals surface area contributed by atoms with Crippen LogP contribution < -0.4 is 0 Å². The molecular formula is C5H8O2. The molecule has 1 atom stereocenters. The first kappa shape index (κ1) is 4.78. The Morgan fingerprint density at radius 1 is 1.86 bits per heavy atom. The number of ether oxygens (including phenoxy) is 1. The molecule has 0 aliphatic heterocycles. The van der Waals surface area contributed by atoms with Crippen LogP contribution >= 0.6 is 0 Å². The van der Waals surface area contributed by atoms with Gasteiger partial charge in [0.05, 0.1) is 0 Å². The van der Waals surface area contributed by atoms with E-state index >= 15 is 0 Å². The number of Topliss-reactive ketones (excluding diaryl/α,β-unsaturated/α-hetero) is 1. The molecule has 0 aromatic heterocycles. The zero-order chi connectivity index (χ0) is 5.28. The highest BCUT2D eigenvalue weighted by Crippen LogP contribution is 2.16. The van der Waals surface area contributed by atoms with Crippen LogP contribution in [0.3, 0.4) is 0 Å². The molecule has 40 valence electrons. The van der Waals surface area contributed by atoms with Crippen molar-refractivity contribution in [1.29, 1.82) is 0 Å². The average molecular weight is 100 g/mol. The van der Waals surface area contributed by atoms with Gasteiger partial charge in [-0.2, -0.15) is 0 Å². The van der Waals surface area contributed by atoms with Crippen molar-refractivity contribution in [3.8, 4) is 0 Å². The maximum atomic E-state index is 10.3. The fourth-order valence-electron chi connectivity index (χ4n) is 0.629. The molecule has 0 heterocycles. The lowest BCUT2D eigenvalue weighted by atomic mass is 9.94. The van der Waals surface area contributed by atoms with E-state index in [0.29, 0.717) is 0 Å². The predicted molar refractivity (Wildman–Crippen MR) is 25.0 cm³/mol. The van der Waals surface area contributed by atoms with E-state index in [4.69, 9.17) is 4.74 Å². The van der Waals surface area contributed by atoms with Crippen molar-refractivity contribution in [3.63, 3.8) is 0 Å². The molecule has 1 rings (SSSR count). The molecule has 0 amide bonds. The molecule has 1 aliphatic carbocycles. The summed E-state index contributed by atoms with van der Waals surface area (Å²) >= 11 is 0. The zero-order valence-electron chi connectivity index (χ0n) is 4.31. The van der Waals surface area contributed by atoms with E-state index in [1.165, 1.54) is 0 Å². The highest BCUT2D eigenvalue weighted by molar-refractivity contribution is 5.88. The maximum absolute atomic E-state index is 10.3. The topological polar surface area (TPSA) is 26.3 Å². The van der Waals surface area contributed by atoms with E-state index in [0.717, 1.165) is 12.8 Å². The molecule has 0 N–H and O–H groups in total. The Hall–Kier alpha value is -0.370. The maximum Gasteiger partial charge on any atom is 0.161 e. The average Bonchev–Trinajstić information content (AvgIpc) is 1.65. The van der Waals surface area contributed by atoms with Gasteiger partial charge in [0.1, 0.15) is 6.10 Å². The van der Waals surface area contributed by atoms with Crippen LogP contribution in [0.4, 0.5) is 0 Å². The zero-order valence-corrected chi connectivity index (χ0v) is 4.31. The van der Waals surface area contributed by atoms with Gasteiger partial charge >= 0.3 is 0 Å². The molecule has 1 fully saturated rings. The minimum atomic E-state index is -0.0556. The first-order valence-electron chi connectivity index (χ1n) is 2.40. The Labute approximate surface area is 42.5 Å². The minimum Gasteiger partial charge on any atom is -0.374 e. The van der Waals surface area contributed by atoms with Crippen LogP contribution in [0.1, 0.15) is 12.8 Å². The summed E-state index contributed by atoms with van der Waals surface area (Å²) < 4.78 is 4.75. The third kappa shape index (κ3) is 0.657. The van der Waals surface area contributed by atoms with Crippen LogP contribution in [0.2, 0.25) is 0 Å². The summed E-state index contributed by atoms with van der Waals surface area (Å²) in [5.74, 6) is 0.252. The van der Waals surface area contributed by atoms with Gasteiger partial charge in [-0.1, -0.05) is 0 Å². The van der Waals surface area contributed by atoms with Gasteiger partial charge < -0.3 is 4.74 Å². The van der Waals surface area contributed by atoms with Crippen molar-refractivity contribution >= 4 is 5.78 Å². The third-order valence-corrected chi connectivity index (χ3v) is 1.30. The summed E-state index contributed by atoms with van der Waals surface area (Å²) in [4.78, 5) is 10.3. The van der Waals surface area contributed by atoms with Gasteiger partial charge in [0.2, 0.25) is 0 Å². The Morgan fingerprint density at radius 3 is 2.57 bits per heavy atom. The molecule has 2 nitrogen and oxygen atoms in total. The lowest BCUT2D eigenvalue weighted by molar-refractivity contribution is -0.137. The number of carbonyl (C=O) groups excluding carboxylic acids is 1. The molecule has 0 spiro atoms. The highest BCUT2D eigenvalue weighted by Gasteiger charge is 2.26. The van der Waals surface area contributed by atoms with Gasteiger partial charge in [-0.3, -0.25) is 4.79 Å². The Kier molecular flexibility index (Phi) is 1.11. The molecule has 2 heteroatoms. The van der Waals surface area contributed by atoms with E-state index in [2.05, 4.69) is 0 Å².